The molecule has 0 fully saturated rings. The number of hydrogen-bond acceptors (Lipinski definition) is 8. The van der Waals surface area contributed by atoms with Crippen molar-refractivity contribution in [1.29, 1.82) is 0 Å². The summed E-state index contributed by atoms with van der Waals surface area (Å²) in [5.74, 6) is 0. The first-order chi connectivity index (χ1) is 19.7. The molecule has 0 heterocycles. The predicted molar refractivity (Wildman–Crippen MR) is 176 cm³/mol. The van der Waals surface area contributed by atoms with Crippen LogP contribution in [0.3, 0.4) is 0 Å². The van der Waals surface area contributed by atoms with E-state index in [1.165, 1.54) is 0 Å². The molecule has 1 rings (SSSR count). The molecule has 6 atom stereocenters. The van der Waals surface area contributed by atoms with Gasteiger partial charge in [-0.1, -0.05) is 83.0 Å². The lowest BCUT2D eigenvalue weighted by molar-refractivity contribution is -0.0759. The Bertz CT molecular complexity index is 747. The average molecular weight is 668 g/mol. The lowest BCUT2D eigenvalue weighted by Gasteiger charge is -2.42. The van der Waals surface area contributed by atoms with E-state index in [-0.39, 0.29) is 36.6 Å². The molecule has 0 saturated heterocycles. The zero-order valence-corrected chi connectivity index (χ0v) is 32.0. The second-order valence-electron chi connectivity index (χ2n) is 11.1. The Labute approximate surface area is 264 Å². The summed E-state index contributed by atoms with van der Waals surface area (Å²) in [4.78, 5) is 0. The molecule has 0 spiro atoms. The van der Waals surface area contributed by atoms with Crippen molar-refractivity contribution in [3.8, 4) is 0 Å². The summed E-state index contributed by atoms with van der Waals surface area (Å²) in [6.45, 7) is 24.2. The van der Waals surface area contributed by atoms with Crippen LogP contribution in [0.5, 0.6) is 0 Å². The van der Waals surface area contributed by atoms with Gasteiger partial charge in [0.25, 0.3) is 0 Å². The summed E-state index contributed by atoms with van der Waals surface area (Å²) in [6.07, 6.45) is 3.17. The molecule has 8 nitrogen and oxygen atoms in total. The molecule has 12 heteroatoms. The zero-order valence-electron chi connectivity index (χ0n) is 28.2. The van der Waals surface area contributed by atoms with Crippen molar-refractivity contribution in [3.05, 3.63) is 30.3 Å². The molecule has 0 amide bonds. The van der Waals surface area contributed by atoms with Crippen LogP contribution in [0.15, 0.2) is 30.3 Å². The highest BCUT2D eigenvalue weighted by molar-refractivity contribution is 7.23. The third kappa shape index (κ3) is 13.1. The van der Waals surface area contributed by atoms with Crippen LogP contribution >= 0.6 is 11.1 Å². The highest BCUT2D eigenvalue weighted by atomic mass is 35.6. The van der Waals surface area contributed by atoms with Gasteiger partial charge in [0.05, 0.1) is 0 Å². The molecule has 0 N–H and O–H groups in total. The van der Waals surface area contributed by atoms with Gasteiger partial charge in [-0.25, -0.2) is 0 Å². The van der Waals surface area contributed by atoms with Crippen LogP contribution in [0.1, 0.15) is 122 Å². The standard InChI is InChI=1S/C30H59ClO8Si3/c1-13-24(7)32-41(33-25(8)14-2,34-26(9)15-3)38-40(31,30-22-20-19-21-23-30)39-42(35-27(10)16-4,36-28(11)17-5)37-29(12)18-6/h19-29H,13-18H2,1-12H3. The predicted octanol–water partition coefficient (Wildman–Crippen LogP) is 7.87. The van der Waals surface area contributed by atoms with Crippen molar-refractivity contribution in [2.24, 2.45) is 0 Å². The lowest BCUT2D eigenvalue weighted by atomic mass is 10.3. The molecule has 42 heavy (non-hydrogen) atoms. The molecule has 1 aromatic carbocycles. The summed E-state index contributed by atoms with van der Waals surface area (Å²) in [6, 6.07) is 9.51. The minimum atomic E-state index is -4.03. The summed E-state index contributed by atoms with van der Waals surface area (Å²) in [5.41, 5.74) is 0. The quantitative estimate of drug-likeness (QED) is 0.0863. The minimum absolute atomic E-state index is 0.207. The molecular weight excluding hydrogens is 608 g/mol. The first-order valence-corrected chi connectivity index (χ1v) is 22.1. The van der Waals surface area contributed by atoms with Gasteiger partial charge >= 0.3 is 26.0 Å². The van der Waals surface area contributed by atoms with E-state index in [9.17, 15) is 0 Å². The second-order valence-corrected chi connectivity index (χ2v) is 19.3. The molecule has 0 aliphatic heterocycles. The van der Waals surface area contributed by atoms with E-state index < -0.39 is 26.0 Å². The van der Waals surface area contributed by atoms with Crippen LogP contribution < -0.4 is 5.19 Å². The van der Waals surface area contributed by atoms with Crippen molar-refractivity contribution in [2.45, 2.75) is 158 Å². The van der Waals surface area contributed by atoms with Crippen LogP contribution in [0.25, 0.3) is 0 Å². The van der Waals surface area contributed by atoms with E-state index in [1.807, 2.05) is 113 Å². The van der Waals surface area contributed by atoms with Gasteiger partial charge in [0, 0.05) is 41.8 Å². The number of rotatable bonds is 23. The van der Waals surface area contributed by atoms with Gasteiger partial charge in [-0.3, -0.25) is 0 Å². The summed E-state index contributed by atoms with van der Waals surface area (Å²) < 4.78 is 53.6. The van der Waals surface area contributed by atoms with E-state index >= 15 is 0 Å². The van der Waals surface area contributed by atoms with Gasteiger partial charge in [-0.05, 0) is 80.1 Å². The maximum Gasteiger partial charge on any atom is 0.672 e. The van der Waals surface area contributed by atoms with Crippen LogP contribution in [0.2, 0.25) is 0 Å². The molecule has 0 aliphatic rings. The van der Waals surface area contributed by atoms with Gasteiger partial charge in [0.1, 0.15) is 0 Å². The van der Waals surface area contributed by atoms with Crippen molar-refractivity contribution < 1.29 is 34.8 Å². The van der Waals surface area contributed by atoms with Gasteiger partial charge < -0.3 is 34.8 Å². The summed E-state index contributed by atoms with van der Waals surface area (Å²) in [5, 5.41) is 0.655. The SMILES string of the molecule is CCC(C)O[Si](OC(C)CC)(OC(C)CC)O[Si](Cl)(O[Si](OC(C)CC)(OC(C)CC)OC(C)CC)c1ccccc1. The van der Waals surface area contributed by atoms with Crippen LogP contribution in [-0.2, 0) is 34.8 Å². The highest BCUT2D eigenvalue weighted by Gasteiger charge is 2.64. The first-order valence-electron chi connectivity index (χ1n) is 16.0. The maximum absolute atomic E-state index is 7.68. The Hall–Kier alpha value is -0.159. The molecule has 0 bridgehead atoms. The number of hydrogen-bond donors (Lipinski definition) is 0. The fourth-order valence-electron chi connectivity index (χ4n) is 3.39. The Balaban J connectivity index is 3.94. The molecule has 246 valence electrons. The Morgan fingerprint density at radius 2 is 0.714 bits per heavy atom. The Morgan fingerprint density at radius 3 is 0.929 bits per heavy atom. The van der Waals surface area contributed by atoms with Crippen LogP contribution in [-0.4, -0.2) is 62.6 Å². The van der Waals surface area contributed by atoms with Crippen molar-refractivity contribution >= 4 is 42.2 Å². The molecule has 0 radical (unpaired) electrons. The molecule has 0 aromatic heterocycles. The molecule has 0 aliphatic carbocycles. The van der Waals surface area contributed by atoms with Crippen molar-refractivity contribution in [3.63, 3.8) is 0 Å². The molecule has 6 unspecified atom stereocenters. The van der Waals surface area contributed by atoms with Crippen molar-refractivity contribution in [1.82, 2.24) is 0 Å². The molecule has 1 aromatic rings. The molecule has 0 saturated carbocycles. The normalized spacial score (nSPS) is 20.9. The third-order valence-electron chi connectivity index (χ3n) is 7.15. The monoisotopic (exact) mass is 666 g/mol. The fourth-order valence-corrected chi connectivity index (χ4v) is 15.6. The van der Waals surface area contributed by atoms with Crippen LogP contribution in [0, 0.1) is 0 Å². The van der Waals surface area contributed by atoms with E-state index in [1.54, 1.807) is 0 Å². The largest absolute Gasteiger partial charge is 0.672 e. The maximum atomic E-state index is 7.68. The van der Waals surface area contributed by atoms with E-state index in [0.29, 0.717) is 5.19 Å². The molecular formula is C30H59ClO8Si3. The number of benzene rings is 1. The topological polar surface area (TPSA) is 73.8 Å². The Morgan fingerprint density at radius 1 is 0.476 bits per heavy atom. The van der Waals surface area contributed by atoms with E-state index in [2.05, 4.69) is 0 Å². The van der Waals surface area contributed by atoms with E-state index in [4.69, 9.17) is 45.9 Å². The van der Waals surface area contributed by atoms with Gasteiger partial charge in [0.15, 0.2) is 0 Å². The first kappa shape index (κ1) is 39.9. The second kappa shape index (κ2) is 19.4. The summed E-state index contributed by atoms with van der Waals surface area (Å²) in [7, 11) is -11.9. The third-order valence-corrected chi connectivity index (χ3v) is 18.5. The van der Waals surface area contributed by atoms with Crippen LogP contribution in [0.4, 0.5) is 0 Å². The average Bonchev–Trinajstić information content (AvgIpc) is 2.96. The van der Waals surface area contributed by atoms with Gasteiger partial charge in [-0.15, -0.1) is 0 Å². The summed E-state index contributed by atoms with van der Waals surface area (Å²) >= 11 is 7.68. The highest BCUT2D eigenvalue weighted by Crippen LogP contribution is 2.33. The Kier molecular flexibility index (Phi) is 18.4. The zero-order chi connectivity index (χ0) is 32.0. The lowest BCUT2D eigenvalue weighted by Crippen LogP contribution is -2.69. The number of halogens is 1. The van der Waals surface area contributed by atoms with E-state index in [0.717, 1.165) is 38.5 Å². The van der Waals surface area contributed by atoms with Crippen molar-refractivity contribution in [2.75, 3.05) is 0 Å². The van der Waals surface area contributed by atoms with Gasteiger partial charge in [0.2, 0.25) is 0 Å². The fraction of sp³-hybridized carbons (Fsp3) is 0.800. The van der Waals surface area contributed by atoms with Gasteiger partial charge in [-0.2, -0.15) is 0 Å². The smallest absolute Gasteiger partial charge is 0.355 e. The minimum Gasteiger partial charge on any atom is -0.355 e.